The van der Waals surface area contributed by atoms with Crippen LogP contribution >= 0.6 is 0 Å². The number of allylic oxidation sites excluding steroid dienone is 2. The molecule has 0 spiro atoms. The van der Waals surface area contributed by atoms with Gasteiger partial charge in [0.05, 0.1) is 34.4 Å². The minimum absolute atomic E-state index is 0.210. The molecule has 2 N–H and O–H groups in total. The second-order valence-electron chi connectivity index (χ2n) is 9.15. The van der Waals surface area contributed by atoms with Crippen molar-refractivity contribution >= 4 is 11.9 Å². The Morgan fingerprint density at radius 2 is 1.53 bits per heavy atom. The van der Waals surface area contributed by atoms with E-state index < -0.39 is 18.4 Å². The number of rotatable bonds is 21. The monoisotopic (exact) mass is 460 g/mol. The van der Waals surface area contributed by atoms with E-state index in [0.29, 0.717) is 17.4 Å². The van der Waals surface area contributed by atoms with Gasteiger partial charge < -0.3 is 28.9 Å². The first-order valence-corrected chi connectivity index (χ1v) is 11.9. The van der Waals surface area contributed by atoms with Crippen molar-refractivity contribution in [3.8, 4) is 0 Å². The first-order chi connectivity index (χ1) is 15.2. The highest BCUT2D eigenvalue weighted by Crippen LogP contribution is 2.09. The van der Waals surface area contributed by atoms with E-state index in [4.69, 9.17) is 19.3 Å². The van der Waals surface area contributed by atoms with Crippen LogP contribution in [-0.2, 0) is 23.8 Å². The van der Waals surface area contributed by atoms with Crippen molar-refractivity contribution in [3.63, 3.8) is 0 Å². The Bertz CT molecular complexity index is 517. The fourth-order valence-corrected chi connectivity index (χ4v) is 2.75. The van der Waals surface area contributed by atoms with Crippen molar-refractivity contribution in [3.05, 3.63) is 12.2 Å². The third-order valence-corrected chi connectivity index (χ3v) is 4.75. The van der Waals surface area contributed by atoms with Crippen LogP contribution in [0, 0.1) is 0 Å². The summed E-state index contributed by atoms with van der Waals surface area (Å²) in [6.45, 7) is 2.50. The number of carboxylic acids is 1. The summed E-state index contributed by atoms with van der Waals surface area (Å²) in [5, 5.41) is 19.0. The molecule has 0 aliphatic carbocycles. The van der Waals surface area contributed by atoms with E-state index in [2.05, 4.69) is 19.1 Å². The number of nitrogens with zero attached hydrogens (tertiary/aromatic N) is 1. The van der Waals surface area contributed by atoms with Gasteiger partial charge in [-0.2, -0.15) is 0 Å². The molecule has 0 aromatic heterocycles. The highest BCUT2D eigenvalue weighted by Gasteiger charge is 2.22. The average Bonchev–Trinajstić information content (AvgIpc) is 2.71. The van der Waals surface area contributed by atoms with Crippen LogP contribution in [0.25, 0.3) is 0 Å². The van der Waals surface area contributed by atoms with Gasteiger partial charge >= 0.3 is 11.9 Å². The molecule has 2 unspecified atom stereocenters. The second-order valence-corrected chi connectivity index (χ2v) is 9.15. The van der Waals surface area contributed by atoms with Gasteiger partial charge in [0.15, 0.2) is 0 Å². The number of aliphatic hydroxyl groups excluding tert-OH is 1. The van der Waals surface area contributed by atoms with E-state index in [0.717, 1.165) is 32.1 Å². The number of carboxylic acid groups (broad SMARTS) is 1. The van der Waals surface area contributed by atoms with Gasteiger partial charge in [0.25, 0.3) is 6.29 Å². The maximum Gasteiger partial charge on any atom is 0.361 e. The molecule has 0 aliphatic rings. The molecule has 32 heavy (non-hydrogen) atoms. The molecule has 8 nitrogen and oxygen atoms in total. The van der Waals surface area contributed by atoms with E-state index >= 15 is 0 Å². The molecule has 0 amide bonds. The summed E-state index contributed by atoms with van der Waals surface area (Å²) < 4.78 is 16.0. The van der Waals surface area contributed by atoms with Crippen LogP contribution < -0.4 is 0 Å². The van der Waals surface area contributed by atoms with Gasteiger partial charge in [0, 0.05) is 6.42 Å². The number of carbonyl (C=O) groups is 2. The van der Waals surface area contributed by atoms with Crippen molar-refractivity contribution in [1.29, 1.82) is 0 Å². The third kappa shape index (κ3) is 20.4. The summed E-state index contributed by atoms with van der Waals surface area (Å²) >= 11 is 0. The van der Waals surface area contributed by atoms with Gasteiger partial charge in [-0.15, -0.1) is 0 Å². The van der Waals surface area contributed by atoms with Gasteiger partial charge in [0.1, 0.15) is 19.3 Å². The SMILES string of the molecule is CCCC/C=C\CCCCCCCC(=O)OCC(O)COC(OCC[N+](C)(C)C)C(=O)O. The Balaban J connectivity index is 3.77. The van der Waals surface area contributed by atoms with Gasteiger partial charge in [0.2, 0.25) is 0 Å². The van der Waals surface area contributed by atoms with E-state index in [1.165, 1.54) is 25.7 Å². The van der Waals surface area contributed by atoms with Crippen LogP contribution in [-0.4, -0.2) is 86.5 Å². The molecule has 0 saturated carbocycles. The molecule has 0 heterocycles. The number of carbonyl (C=O) groups excluding carboxylic acids is 1. The Morgan fingerprint density at radius 3 is 2.16 bits per heavy atom. The largest absolute Gasteiger partial charge is 0.477 e. The molecular formula is C24H46NO7+. The number of quaternary nitrogens is 1. The third-order valence-electron chi connectivity index (χ3n) is 4.75. The Labute approximate surface area is 194 Å². The predicted molar refractivity (Wildman–Crippen MR) is 124 cm³/mol. The maximum absolute atomic E-state index is 11.8. The summed E-state index contributed by atoms with van der Waals surface area (Å²) in [6.07, 6.45) is 12.2. The van der Waals surface area contributed by atoms with Crippen molar-refractivity contribution in [2.24, 2.45) is 0 Å². The number of aliphatic carboxylic acids is 1. The summed E-state index contributed by atoms with van der Waals surface area (Å²) in [5.41, 5.74) is 0. The van der Waals surface area contributed by atoms with Gasteiger partial charge in [-0.3, -0.25) is 4.79 Å². The van der Waals surface area contributed by atoms with Crippen molar-refractivity contribution < 1.29 is 38.5 Å². The molecule has 0 aliphatic heterocycles. The maximum atomic E-state index is 11.8. The van der Waals surface area contributed by atoms with Crippen molar-refractivity contribution in [2.45, 2.75) is 83.5 Å². The lowest BCUT2D eigenvalue weighted by molar-refractivity contribution is -0.870. The van der Waals surface area contributed by atoms with Crippen molar-refractivity contribution in [2.75, 3.05) is 47.5 Å². The number of ether oxygens (including phenoxy) is 3. The number of hydrogen-bond acceptors (Lipinski definition) is 6. The van der Waals surface area contributed by atoms with E-state index in [1.54, 1.807) is 0 Å². The first kappa shape index (κ1) is 30.5. The van der Waals surface area contributed by atoms with E-state index in [-0.39, 0.29) is 25.8 Å². The quantitative estimate of drug-likeness (QED) is 0.0888. The Hall–Kier alpha value is -1.48. The molecule has 8 heteroatoms. The van der Waals surface area contributed by atoms with Gasteiger partial charge in [-0.25, -0.2) is 4.79 Å². The van der Waals surface area contributed by atoms with Gasteiger partial charge in [-0.1, -0.05) is 51.2 Å². The number of aliphatic hydroxyl groups is 1. The molecule has 0 radical (unpaired) electrons. The zero-order chi connectivity index (χ0) is 24.2. The molecule has 0 rings (SSSR count). The van der Waals surface area contributed by atoms with Crippen LogP contribution in [0.4, 0.5) is 0 Å². The topological polar surface area (TPSA) is 102 Å². The Kier molecular flexibility index (Phi) is 18.2. The molecule has 0 aromatic carbocycles. The smallest absolute Gasteiger partial charge is 0.361 e. The fraction of sp³-hybridized carbons (Fsp3) is 0.833. The molecule has 0 bridgehead atoms. The lowest BCUT2D eigenvalue weighted by Crippen LogP contribution is -2.40. The van der Waals surface area contributed by atoms with E-state index in [9.17, 15) is 14.7 Å². The van der Waals surface area contributed by atoms with Crippen molar-refractivity contribution in [1.82, 2.24) is 0 Å². The van der Waals surface area contributed by atoms with Crippen LogP contribution in [0.15, 0.2) is 12.2 Å². The minimum Gasteiger partial charge on any atom is -0.477 e. The average molecular weight is 461 g/mol. The summed E-state index contributed by atoms with van der Waals surface area (Å²) in [5.74, 6) is -1.62. The van der Waals surface area contributed by atoms with Crippen LogP contribution in [0.2, 0.25) is 0 Å². The van der Waals surface area contributed by atoms with Crippen LogP contribution in [0.1, 0.15) is 71.1 Å². The predicted octanol–water partition coefficient (Wildman–Crippen LogP) is 3.52. The molecule has 188 valence electrons. The number of unbranched alkanes of at least 4 members (excludes halogenated alkanes) is 7. The number of likely N-dealkylation sites (N-methyl/N-ethyl adjacent to an activating group) is 1. The standard InChI is InChI=1S/C24H45NO7/c1-5-6-7-8-9-10-11-12-13-14-15-16-22(27)31-19-21(26)20-32-24(23(28)29)30-18-17-25(2,3)4/h8-9,21,24,26H,5-7,10-20H2,1-4H3/p+1/b9-8-. The summed E-state index contributed by atoms with van der Waals surface area (Å²) in [7, 11) is 5.89. The van der Waals surface area contributed by atoms with Crippen LogP contribution in [0.5, 0.6) is 0 Å². The zero-order valence-corrected chi connectivity index (χ0v) is 20.6. The number of hydrogen-bond donors (Lipinski definition) is 2. The highest BCUT2D eigenvalue weighted by atomic mass is 16.7. The Morgan fingerprint density at radius 1 is 0.906 bits per heavy atom. The molecule has 0 saturated heterocycles. The first-order valence-electron chi connectivity index (χ1n) is 11.9. The molecular weight excluding hydrogens is 414 g/mol. The zero-order valence-electron chi connectivity index (χ0n) is 20.6. The van der Waals surface area contributed by atoms with E-state index in [1.807, 2.05) is 21.1 Å². The van der Waals surface area contributed by atoms with Crippen LogP contribution in [0.3, 0.4) is 0 Å². The fourth-order valence-electron chi connectivity index (χ4n) is 2.75. The molecule has 0 fully saturated rings. The molecule has 2 atom stereocenters. The summed E-state index contributed by atoms with van der Waals surface area (Å²) in [4.78, 5) is 23.0. The minimum atomic E-state index is -1.46. The second kappa shape index (κ2) is 19.0. The summed E-state index contributed by atoms with van der Waals surface area (Å²) in [6, 6.07) is 0. The number of esters is 1. The highest BCUT2D eigenvalue weighted by molar-refractivity contribution is 5.70. The molecule has 0 aromatic rings. The van der Waals surface area contributed by atoms with Gasteiger partial charge in [-0.05, 0) is 25.7 Å². The lowest BCUT2D eigenvalue weighted by Gasteiger charge is -2.24. The lowest BCUT2D eigenvalue weighted by atomic mass is 10.1. The normalized spacial score (nSPS) is 13.9.